The summed E-state index contributed by atoms with van der Waals surface area (Å²) in [6, 6.07) is 5.45. The molecule has 0 aliphatic carbocycles. The summed E-state index contributed by atoms with van der Waals surface area (Å²) in [7, 11) is 0. The van der Waals surface area contributed by atoms with Crippen molar-refractivity contribution < 1.29 is 4.79 Å². The van der Waals surface area contributed by atoms with Gasteiger partial charge in [0.2, 0.25) is 5.91 Å². The van der Waals surface area contributed by atoms with Gasteiger partial charge >= 0.3 is 0 Å². The first-order valence-electron chi connectivity index (χ1n) is 5.90. The molecule has 3 nitrogen and oxygen atoms in total. The van der Waals surface area contributed by atoms with Crippen molar-refractivity contribution in [2.75, 3.05) is 18.4 Å². The van der Waals surface area contributed by atoms with Gasteiger partial charge in [0.15, 0.2) is 0 Å². The van der Waals surface area contributed by atoms with E-state index >= 15 is 0 Å². The predicted octanol–water partition coefficient (Wildman–Crippen LogP) is 3.40. The molecule has 18 heavy (non-hydrogen) atoms. The van der Waals surface area contributed by atoms with Crippen LogP contribution in [0.15, 0.2) is 18.2 Å². The highest BCUT2D eigenvalue weighted by atomic mass is 35.5. The minimum absolute atomic E-state index is 0. The number of anilines is 1. The van der Waals surface area contributed by atoms with Gasteiger partial charge in [0.1, 0.15) is 0 Å². The van der Waals surface area contributed by atoms with Crippen LogP contribution in [0, 0.1) is 6.92 Å². The maximum atomic E-state index is 11.6. The van der Waals surface area contributed by atoms with Crippen molar-refractivity contribution in [2.45, 2.75) is 26.7 Å². The molecule has 0 saturated carbocycles. The summed E-state index contributed by atoms with van der Waals surface area (Å²) in [5.41, 5.74) is 1.81. The van der Waals surface area contributed by atoms with Gasteiger partial charge < -0.3 is 10.6 Å². The van der Waals surface area contributed by atoms with E-state index in [4.69, 9.17) is 11.6 Å². The molecule has 0 aromatic heterocycles. The van der Waals surface area contributed by atoms with Gasteiger partial charge in [-0.15, -0.1) is 12.4 Å². The molecule has 1 amide bonds. The first-order valence-corrected chi connectivity index (χ1v) is 6.28. The molecule has 1 aromatic rings. The predicted molar refractivity (Wildman–Crippen MR) is 79.8 cm³/mol. The van der Waals surface area contributed by atoms with E-state index in [1.54, 1.807) is 6.07 Å². The molecule has 0 radical (unpaired) electrons. The Morgan fingerprint density at radius 3 is 2.67 bits per heavy atom. The number of carbonyl (C=O) groups excluding carboxylic acids is 1. The van der Waals surface area contributed by atoms with Crippen molar-refractivity contribution >= 4 is 35.6 Å². The molecule has 5 heteroatoms. The lowest BCUT2D eigenvalue weighted by Gasteiger charge is -2.09. The Hall–Kier alpha value is -0.770. The average molecular weight is 291 g/mol. The second kappa shape index (κ2) is 9.20. The van der Waals surface area contributed by atoms with Crippen LogP contribution in [0.25, 0.3) is 0 Å². The van der Waals surface area contributed by atoms with Gasteiger partial charge in [-0.3, -0.25) is 4.79 Å². The van der Waals surface area contributed by atoms with Gasteiger partial charge in [-0.2, -0.15) is 0 Å². The molecule has 0 aliphatic rings. The number of amides is 1. The molecule has 0 fully saturated rings. The molecule has 0 saturated heterocycles. The Morgan fingerprint density at radius 1 is 1.33 bits per heavy atom. The third-order valence-electron chi connectivity index (χ3n) is 2.42. The van der Waals surface area contributed by atoms with Crippen molar-refractivity contribution in [2.24, 2.45) is 0 Å². The summed E-state index contributed by atoms with van der Waals surface area (Å²) in [5, 5.41) is 6.76. The normalized spacial score (nSPS) is 9.72. The highest BCUT2D eigenvalue weighted by molar-refractivity contribution is 6.30. The van der Waals surface area contributed by atoms with Crippen LogP contribution in [-0.4, -0.2) is 19.0 Å². The van der Waals surface area contributed by atoms with Gasteiger partial charge in [-0.25, -0.2) is 0 Å². The largest absolute Gasteiger partial charge is 0.326 e. The van der Waals surface area contributed by atoms with Gasteiger partial charge in [0.05, 0.1) is 0 Å². The molecule has 102 valence electrons. The first-order chi connectivity index (χ1) is 8.13. The van der Waals surface area contributed by atoms with Crippen LogP contribution in [0.5, 0.6) is 0 Å². The van der Waals surface area contributed by atoms with Crippen molar-refractivity contribution in [3.05, 3.63) is 28.8 Å². The standard InChI is InChI=1S/C13H19ClN2O.ClH/c1-3-7-15-8-6-13(17)16-12-5-4-11(14)9-10(12)2;/h4-5,9,15H,3,6-8H2,1-2H3,(H,16,17);1H. The van der Waals surface area contributed by atoms with E-state index in [9.17, 15) is 4.79 Å². The molecule has 0 aliphatic heterocycles. The second-order valence-electron chi connectivity index (χ2n) is 4.01. The Kier molecular flexibility index (Phi) is 8.81. The maximum absolute atomic E-state index is 11.6. The SMILES string of the molecule is CCCNCCC(=O)Nc1ccc(Cl)cc1C.Cl. The van der Waals surface area contributed by atoms with E-state index < -0.39 is 0 Å². The summed E-state index contributed by atoms with van der Waals surface area (Å²) < 4.78 is 0. The highest BCUT2D eigenvalue weighted by Crippen LogP contribution is 2.19. The highest BCUT2D eigenvalue weighted by Gasteiger charge is 2.04. The summed E-state index contributed by atoms with van der Waals surface area (Å²) in [5.74, 6) is 0.0269. The lowest BCUT2D eigenvalue weighted by molar-refractivity contribution is -0.116. The molecular weight excluding hydrogens is 271 g/mol. The van der Waals surface area contributed by atoms with Crippen LogP contribution >= 0.6 is 24.0 Å². The van der Waals surface area contributed by atoms with Gasteiger partial charge in [-0.1, -0.05) is 18.5 Å². The molecule has 0 spiro atoms. The van der Waals surface area contributed by atoms with Crippen LogP contribution < -0.4 is 10.6 Å². The van der Waals surface area contributed by atoms with Crippen LogP contribution in [0.4, 0.5) is 5.69 Å². The Labute approximate surface area is 120 Å². The topological polar surface area (TPSA) is 41.1 Å². The molecule has 1 aromatic carbocycles. The lowest BCUT2D eigenvalue weighted by Crippen LogP contribution is -2.22. The third-order valence-corrected chi connectivity index (χ3v) is 2.65. The zero-order valence-electron chi connectivity index (χ0n) is 10.8. The summed E-state index contributed by atoms with van der Waals surface area (Å²) in [6.45, 7) is 5.69. The number of nitrogens with one attached hydrogen (secondary N) is 2. The number of hydrogen-bond acceptors (Lipinski definition) is 2. The second-order valence-corrected chi connectivity index (χ2v) is 4.44. The molecule has 2 N–H and O–H groups in total. The molecule has 0 unspecified atom stereocenters. The number of benzene rings is 1. The summed E-state index contributed by atoms with van der Waals surface area (Å²) >= 11 is 5.85. The average Bonchev–Trinajstić information content (AvgIpc) is 2.28. The van der Waals surface area contributed by atoms with E-state index in [1.807, 2.05) is 19.1 Å². The minimum atomic E-state index is 0. The van der Waals surface area contributed by atoms with Gasteiger partial charge in [0.25, 0.3) is 0 Å². The Balaban J connectivity index is 0.00000289. The number of hydrogen-bond donors (Lipinski definition) is 2. The molecule has 1 rings (SSSR count). The number of halogens is 2. The quantitative estimate of drug-likeness (QED) is 0.789. The summed E-state index contributed by atoms with van der Waals surface area (Å²) in [4.78, 5) is 11.6. The minimum Gasteiger partial charge on any atom is -0.326 e. The fourth-order valence-corrected chi connectivity index (χ4v) is 1.71. The van der Waals surface area contributed by atoms with Crippen LogP contribution in [0.2, 0.25) is 5.02 Å². The number of carbonyl (C=O) groups is 1. The number of aryl methyl sites for hydroxylation is 1. The van der Waals surface area contributed by atoms with E-state index in [-0.39, 0.29) is 18.3 Å². The Bertz CT molecular complexity index is 383. The zero-order valence-corrected chi connectivity index (χ0v) is 12.3. The first kappa shape index (κ1) is 17.2. The molecule has 0 atom stereocenters. The molecule has 0 heterocycles. The van der Waals surface area contributed by atoms with Gasteiger partial charge in [0, 0.05) is 23.7 Å². The fraction of sp³-hybridized carbons (Fsp3) is 0.462. The summed E-state index contributed by atoms with van der Waals surface area (Å²) in [6.07, 6.45) is 1.57. The van der Waals surface area contributed by atoms with E-state index in [0.717, 1.165) is 24.2 Å². The molecular formula is C13H20Cl2N2O. The number of rotatable bonds is 6. The van der Waals surface area contributed by atoms with E-state index in [2.05, 4.69) is 17.6 Å². The zero-order chi connectivity index (χ0) is 12.7. The van der Waals surface area contributed by atoms with Crippen LogP contribution in [0.1, 0.15) is 25.3 Å². The van der Waals surface area contributed by atoms with E-state index in [0.29, 0.717) is 18.0 Å². The molecule has 0 bridgehead atoms. The lowest BCUT2D eigenvalue weighted by atomic mass is 10.2. The van der Waals surface area contributed by atoms with Crippen molar-refractivity contribution in [1.82, 2.24) is 5.32 Å². The Morgan fingerprint density at radius 2 is 2.06 bits per heavy atom. The van der Waals surface area contributed by atoms with Gasteiger partial charge in [-0.05, 0) is 43.7 Å². The van der Waals surface area contributed by atoms with Crippen molar-refractivity contribution in [3.63, 3.8) is 0 Å². The van der Waals surface area contributed by atoms with Crippen molar-refractivity contribution in [1.29, 1.82) is 0 Å². The van der Waals surface area contributed by atoms with E-state index in [1.165, 1.54) is 0 Å². The van der Waals surface area contributed by atoms with Crippen LogP contribution in [-0.2, 0) is 4.79 Å². The maximum Gasteiger partial charge on any atom is 0.225 e. The van der Waals surface area contributed by atoms with Crippen LogP contribution in [0.3, 0.4) is 0 Å². The monoisotopic (exact) mass is 290 g/mol. The third kappa shape index (κ3) is 6.24. The smallest absolute Gasteiger partial charge is 0.225 e. The van der Waals surface area contributed by atoms with Crippen molar-refractivity contribution in [3.8, 4) is 0 Å². The fourth-order valence-electron chi connectivity index (χ4n) is 1.48.